The zero-order chi connectivity index (χ0) is 16.7. The molecule has 1 aliphatic carbocycles. The van der Waals surface area contributed by atoms with Gasteiger partial charge >= 0.3 is 0 Å². The second kappa shape index (κ2) is 5.60. The minimum atomic E-state index is -0.134. The van der Waals surface area contributed by atoms with E-state index in [1.165, 1.54) is 0 Å². The van der Waals surface area contributed by atoms with E-state index in [4.69, 9.17) is 4.42 Å². The molecular formula is C21H16O3. The van der Waals surface area contributed by atoms with E-state index < -0.39 is 0 Å². The Kier molecular flexibility index (Phi) is 3.42. The summed E-state index contributed by atoms with van der Waals surface area (Å²) in [7, 11) is 0. The van der Waals surface area contributed by atoms with Gasteiger partial charge in [-0.1, -0.05) is 61.5 Å². The highest BCUT2D eigenvalue weighted by Crippen LogP contribution is 2.38. The first kappa shape index (κ1) is 14.6. The number of hydrogen-bond acceptors (Lipinski definition) is 3. The number of fused-ring (bicyclic) bond motifs is 2. The summed E-state index contributed by atoms with van der Waals surface area (Å²) >= 11 is 0. The van der Waals surface area contributed by atoms with Crippen LogP contribution in [-0.2, 0) is 6.42 Å². The summed E-state index contributed by atoms with van der Waals surface area (Å²) in [5.41, 5.74) is 2.59. The van der Waals surface area contributed by atoms with Gasteiger partial charge in [0.25, 0.3) is 0 Å². The molecule has 3 heteroatoms. The molecule has 0 N–H and O–H groups in total. The second-order valence-corrected chi connectivity index (χ2v) is 5.92. The average Bonchev–Trinajstić information content (AvgIpc) is 3.01. The van der Waals surface area contributed by atoms with E-state index in [1.807, 2.05) is 37.3 Å². The summed E-state index contributed by atoms with van der Waals surface area (Å²) < 4.78 is 6.02. The van der Waals surface area contributed by atoms with Crippen LogP contribution in [0.4, 0.5) is 0 Å². The molecule has 0 amide bonds. The number of carbonyl (C=O) groups excluding carboxylic acids is 2. The normalized spacial score (nSPS) is 12.9. The standard InChI is InChI=1S/C21H16O3/c1-2-8-16-17-18(21(24-16)13-9-4-3-5-10-13)20(23)15-12-7-6-11-14(15)19(17)22/h3-7,9-12H,2,8H2,1H3. The summed E-state index contributed by atoms with van der Waals surface area (Å²) in [6.07, 6.45) is 1.48. The predicted octanol–water partition coefficient (Wildman–Crippen LogP) is 4.67. The predicted molar refractivity (Wildman–Crippen MR) is 91.4 cm³/mol. The van der Waals surface area contributed by atoms with Crippen LogP contribution in [0, 0.1) is 0 Å². The maximum Gasteiger partial charge on any atom is 0.198 e. The molecule has 0 fully saturated rings. The van der Waals surface area contributed by atoms with Crippen LogP contribution in [0.2, 0.25) is 0 Å². The van der Waals surface area contributed by atoms with E-state index >= 15 is 0 Å². The molecule has 0 atom stereocenters. The van der Waals surface area contributed by atoms with E-state index in [0.29, 0.717) is 40.2 Å². The molecule has 118 valence electrons. The molecule has 0 bridgehead atoms. The largest absolute Gasteiger partial charge is 0.459 e. The Bertz CT molecular complexity index is 948. The van der Waals surface area contributed by atoms with Gasteiger partial charge in [-0.2, -0.15) is 0 Å². The van der Waals surface area contributed by atoms with Gasteiger partial charge in [0.2, 0.25) is 0 Å². The third kappa shape index (κ3) is 2.05. The monoisotopic (exact) mass is 316 g/mol. The van der Waals surface area contributed by atoms with Crippen molar-refractivity contribution in [3.63, 3.8) is 0 Å². The van der Waals surface area contributed by atoms with Gasteiger partial charge in [0.05, 0.1) is 11.1 Å². The molecule has 0 aliphatic heterocycles. The first-order chi connectivity index (χ1) is 11.7. The summed E-state index contributed by atoms with van der Waals surface area (Å²) in [4.78, 5) is 26.0. The molecule has 0 saturated heterocycles. The highest BCUT2D eigenvalue weighted by Gasteiger charge is 2.37. The van der Waals surface area contributed by atoms with Gasteiger partial charge in [-0.15, -0.1) is 0 Å². The van der Waals surface area contributed by atoms with Crippen LogP contribution in [0.25, 0.3) is 11.3 Å². The van der Waals surface area contributed by atoms with Crippen LogP contribution in [0.5, 0.6) is 0 Å². The van der Waals surface area contributed by atoms with Gasteiger partial charge in [0.15, 0.2) is 11.6 Å². The molecule has 1 heterocycles. The zero-order valence-corrected chi connectivity index (χ0v) is 13.3. The Hall–Kier alpha value is -2.94. The van der Waals surface area contributed by atoms with Gasteiger partial charge in [-0.25, -0.2) is 0 Å². The molecule has 3 aromatic rings. The summed E-state index contributed by atoms with van der Waals surface area (Å²) in [5.74, 6) is 0.862. The summed E-state index contributed by atoms with van der Waals surface area (Å²) in [6.45, 7) is 2.03. The Labute approximate surface area is 139 Å². The van der Waals surface area contributed by atoms with Crippen molar-refractivity contribution in [1.29, 1.82) is 0 Å². The van der Waals surface area contributed by atoms with Crippen LogP contribution >= 0.6 is 0 Å². The Morgan fingerprint density at radius 3 is 2.00 bits per heavy atom. The van der Waals surface area contributed by atoms with Gasteiger partial charge in [0.1, 0.15) is 11.5 Å². The molecule has 0 radical (unpaired) electrons. The van der Waals surface area contributed by atoms with Crippen LogP contribution in [0.15, 0.2) is 59.0 Å². The highest BCUT2D eigenvalue weighted by atomic mass is 16.3. The van der Waals surface area contributed by atoms with Crippen molar-refractivity contribution in [2.24, 2.45) is 0 Å². The number of benzene rings is 2. The van der Waals surface area contributed by atoms with Crippen LogP contribution in [0.1, 0.15) is 50.9 Å². The lowest BCUT2D eigenvalue weighted by molar-refractivity contribution is 0.0979. The molecule has 1 aliphatic rings. The lowest BCUT2D eigenvalue weighted by atomic mass is 9.83. The van der Waals surface area contributed by atoms with Crippen molar-refractivity contribution < 1.29 is 14.0 Å². The quantitative estimate of drug-likeness (QED) is 0.551. The van der Waals surface area contributed by atoms with Gasteiger partial charge in [0, 0.05) is 23.1 Å². The SMILES string of the molecule is CCCc1oc(-c2ccccc2)c2c1C(=O)c1ccccc1C2=O. The van der Waals surface area contributed by atoms with Crippen LogP contribution < -0.4 is 0 Å². The average molecular weight is 316 g/mol. The molecular weight excluding hydrogens is 300 g/mol. The smallest absolute Gasteiger partial charge is 0.198 e. The van der Waals surface area contributed by atoms with E-state index in [2.05, 4.69) is 0 Å². The minimum Gasteiger partial charge on any atom is -0.459 e. The molecule has 0 saturated carbocycles. The van der Waals surface area contributed by atoms with Crippen molar-refractivity contribution in [3.05, 3.63) is 82.6 Å². The van der Waals surface area contributed by atoms with E-state index in [0.717, 1.165) is 12.0 Å². The van der Waals surface area contributed by atoms with Crippen molar-refractivity contribution in [2.45, 2.75) is 19.8 Å². The topological polar surface area (TPSA) is 47.3 Å². The number of furan rings is 1. The van der Waals surface area contributed by atoms with Crippen LogP contribution in [0.3, 0.4) is 0 Å². The second-order valence-electron chi connectivity index (χ2n) is 5.92. The van der Waals surface area contributed by atoms with Gasteiger partial charge in [-0.3, -0.25) is 9.59 Å². The van der Waals surface area contributed by atoms with E-state index in [9.17, 15) is 9.59 Å². The number of ketones is 2. The highest BCUT2D eigenvalue weighted by molar-refractivity contribution is 6.30. The van der Waals surface area contributed by atoms with Crippen molar-refractivity contribution in [2.75, 3.05) is 0 Å². The molecule has 4 rings (SSSR count). The molecule has 3 nitrogen and oxygen atoms in total. The molecule has 24 heavy (non-hydrogen) atoms. The lowest BCUT2D eigenvalue weighted by Gasteiger charge is -2.15. The fraction of sp³-hybridized carbons (Fsp3) is 0.143. The lowest BCUT2D eigenvalue weighted by Crippen LogP contribution is -2.20. The molecule has 0 spiro atoms. The Morgan fingerprint density at radius 1 is 0.792 bits per heavy atom. The molecule has 0 unspecified atom stereocenters. The number of hydrogen-bond donors (Lipinski definition) is 0. The van der Waals surface area contributed by atoms with E-state index in [-0.39, 0.29) is 11.6 Å². The Morgan fingerprint density at radius 2 is 1.38 bits per heavy atom. The van der Waals surface area contributed by atoms with Gasteiger partial charge in [-0.05, 0) is 6.42 Å². The zero-order valence-electron chi connectivity index (χ0n) is 13.3. The fourth-order valence-corrected chi connectivity index (χ4v) is 3.28. The number of carbonyl (C=O) groups is 2. The van der Waals surface area contributed by atoms with Gasteiger partial charge < -0.3 is 4.42 Å². The number of rotatable bonds is 3. The summed E-state index contributed by atoms with van der Waals surface area (Å²) in [6, 6.07) is 16.5. The first-order valence-electron chi connectivity index (χ1n) is 8.12. The minimum absolute atomic E-state index is 0.116. The fourth-order valence-electron chi connectivity index (χ4n) is 3.28. The van der Waals surface area contributed by atoms with Crippen molar-refractivity contribution in [1.82, 2.24) is 0 Å². The maximum absolute atomic E-state index is 13.1. The van der Waals surface area contributed by atoms with E-state index in [1.54, 1.807) is 24.3 Å². The maximum atomic E-state index is 13.1. The molecule has 2 aromatic carbocycles. The molecule has 1 aromatic heterocycles. The third-order valence-corrected chi connectivity index (χ3v) is 4.36. The number of aryl methyl sites for hydroxylation is 1. The summed E-state index contributed by atoms with van der Waals surface area (Å²) in [5, 5.41) is 0. The van der Waals surface area contributed by atoms with Crippen molar-refractivity contribution >= 4 is 11.6 Å². The first-order valence-corrected chi connectivity index (χ1v) is 8.12. The Balaban J connectivity index is 2.01. The van der Waals surface area contributed by atoms with Crippen molar-refractivity contribution in [3.8, 4) is 11.3 Å². The third-order valence-electron chi connectivity index (χ3n) is 4.36. The van der Waals surface area contributed by atoms with Crippen LogP contribution in [-0.4, -0.2) is 11.6 Å².